The summed E-state index contributed by atoms with van der Waals surface area (Å²) in [5.74, 6) is 0.407. The number of halogens is 1. The van der Waals surface area contributed by atoms with E-state index in [-0.39, 0.29) is 17.3 Å². The molecule has 3 aromatic carbocycles. The highest BCUT2D eigenvalue weighted by Crippen LogP contribution is 2.37. The Kier molecular flexibility index (Phi) is 5.63. The van der Waals surface area contributed by atoms with E-state index in [1.165, 1.54) is 35.6 Å². The molecule has 0 radical (unpaired) electrons. The lowest BCUT2D eigenvalue weighted by Crippen LogP contribution is -2.11. The Morgan fingerprint density at radius 2 is 1.53 bits per heavy atom. The van der Waals surface area contributed by atoms with E-state index in [0.717, 1.165) is 26.8 Å². The van der Waals surface area contributed by atoms with Crippen molar-refractivity contribution in [1.82, 2.24) is 4.98 Å². The Morgan fingerprint density at radius 1 is 0.900 bits per heavy atom. The topological polar surface area (TPSA) is 82.3 Å². The van der Waals surface area contributed by atoms with Crippen molar-refractivity contribution in [2.24, 2.45) is 5.14 Å². The molecular formula is C22H17FN2O3S2. The highest BCUT2D eigenvalue weighted by atomic mass is 32.2. The third-order valence-corrected chi connectivity index (χ3v) is 6.35. The average molecular weight is 441 g/mol. The molecule has 1 aromatic heterocycles. The number of nitrogens with two attached hydrogens (primary N) is 1. The SMILES string of the molecule is NS(=O)(=O)c1ccc(-c2nc(COc3ccccc3)sc2-c2ccc(F)cc2)cc1. The van der Waals surface area contributed by atoms with Gasteiger partial charge >= 0.3 is 0 Å². The van der Waals surface area contributed by atoms with Crippen LogP contribution < -0.4 is 9.88 Å². The van der Waals surface area contributed by atoms with E-state index in [4.69, 9.17) is 14.9 Å². The van der Waals surface area contributed by atoms with Crippen LogP contribution in [0.25, 0.3) is 21.7 Å². The summed E-state index contributed by atoms with van der Waals surface area (Å²) in [4.78, 5) is 5.57. The Bertz CT molecular complexity index is 1250. The first-order valence-electron chi connectivity index (χ1n) is 8.97. The van der Waals surface area contributed by atoms with E-state index in [1.54, 1.807) is 24.3 Å². The molecule has 5 nitrogen and oxygen atoms in total. The summed E-state index contributed by atoms with van der Waals surface area (Å²) in [6.45, 7) is 0.276. The third kappa shape index (κ3) is 4.56. The normalized spacial score (nSPS) is 11.4. The number of hydrogen-bond acceptors (Lipinski definition) is 5. The first-order valence-corrected chi connectivity index (χ1v) is 11.3. The number of para-hydroxylation sites is 1. The van der Waals surface area contributed by atoms with Crippen LogP contribution in [-0.4, -0.2) is 13.4 Å². The van der Waals surface area contributed by atoms with Gasteiger partial charge in [-0.25, -0.2) is 22.9 Å². The molecule has 8 heteroatoms. The largest absolute Gasteiger partial charge is 0.486 e. The van der Waals surface area contributed by atoms with Crippen LogP contribution in [0.2, 0.25) is 0 Å². The van der Waals surface area contributed by atoms with Crippen LogP contribution in [0.1, 0.15) is 5.01 Å². The summed E-state index contributed by atoms with van der Waals surface area (Å²) in [5.41, 5.74) is 2.20. The van der Waals surface area contributed by atoms with Crippen molar-refractivity contribution in [3.05, 3.63) is 89.7 Å². The van der Waals surface area contributed by atoms with Gasteiger partial charge in [-0.3, -0.25) is 0 Å². The summed E-state index contributed by atoms with van der Waals surface area (Å²) in [6, 6.07) is 21.8. The van der Waals surface area contributed by atoms with Gasteiger partial charge in [-0.05, 0) is 42.0 Å². The number of thiazole rings is 1. The van der Waals surface area contributed by atoms with E-state index in [1.807, 2.05) is 30.3 Å². The smallest absolute Gasteiger partial charge is 0.238 e. The maximum absolute atomic E-state index is 13.4. The number of sulfonamides is 1. The Hall–Kier alpha value is -3.07. The van der Waals surface area contributed by atoms with Crippen LogP contribution in [0.15, 0.2) is 83.8 Å². The predicted octanol–water partition coefficient (Wildman–Crippen LogP) is 4.84. The predicted molar refractivity (Wildman–Crippen MR) is 115 cm³/mol. The lowest BCUT2D eigenvalue weighted by molar-refractivity contribution is 0.305. The molecule has 4 aromatic rings. The van der Waals surface area contributed by atoms with Gasteiger partial charge in [0.1, 0.15) is 23.2 Å². The number of benzene rings is 3. The molecule has 0 fully saturated rings. The molecule has 0 bridgehead atoms. The van der Waals surface area contributed by atoms with Crippen molar-refractivity contribution in [2.45, 2.75) is 11.5 Å². The standard InChI is InChI=1S/C22H17FN2O3S2/c23-17-10-6-16(7-11-17)22-21(15-8-12-19(13-9-15)30(24,26)27)25-20(29-22)14-28-18-4-2-1-3-5-18/h1-13H,14H2,(H2,24,26,27). The van der Waals surface area contributed by atoms with Gasteiger partial charge in [-0.15, -0.1) is 11.3 Å². The fourth-order valence-electron chi connectivity index (χ4n) is 2.88. The van der Waals surface area contributed by atoms with Crippen LogP contribution in [0, 0.1) is 5.82 Å². The van der Waals surface area contributed by atoms with Crippen molar-refractivity contribution in [1.29, 1.82) is 0 Å². The minimum absolute atomic E-state index is 0.0254. The molecule has 4 rings (SSSR count). The zero-order chi connectivity index (χ0) is 21.1. The molecule has 0 atom stereocenters. The number of rotatable bonds is 6. The second-order valence-corrected chi connectivity index (χ2v) is 9.11. The van der Waals surface area contributed by atoms with Crippen molar-refractivity contribution in [2.75, 3.05) is 0 Å². The summed E-state index contributed by atoms with van der Waals surface area (Å²) in [7, 11) is -3.78. The zero-order valence-corrected chi connectivity index (χ0v) is 17.3. The maximum Gasteiger partial charge on any atom is 0.238 e. The number of nitrogens with zero attached hydrogens (tertiary/aromatic N) is 1. The maximum atomic E-state index is 13.4. The van der Waals surface area contributed by atoms with Crippen LogP contribution in [0.4, 0.5) is 4.39 Å². The van der Waals surface area contributed by atoms with Crippen LogP contribution in [0.3, 0.4) is 0 Å². The molecule has 0 aliphatic rings. The molecule has 0 saturated heterocycles. The monoisotopic (exact) mass is 440 g/mol. The van der Waals surface area contributed by atoms with Gasteiger partial charge in [-0.1, -0.05) is 42.5 Å². The molecule has 152 valence electrons. The first kappa shape index (κ1) is 20.2. The molecule has 0 saturated carbocycles. The van der Waals surface area contributed by atoms with E-state index in [0.29, 0.717) is 5.69 Å². The van der Waals surface area contributed by atoms with Gasteiger partial charge < -0.3 is 4.74 Å². The molecule has 0 unspecified atom stereocenters. The minimum Gasteiger partial charge on any atom is -0.486 e. The number of primary sulfonamides is 1. The number of ether oxygens (including phenoxy) is 1. The van der Waals surface area contributed by atoms with Gasteiger partial charge in [0, 0.05) is 5.56 Å². The van der Waals surface area contributed by atoms with E-state index in [2.05, 4.69) is 0 Å². The zero-order valence-electron chi connectivity index (χ0n) is 15.7. The van der Waals surface area contributed by atoms with Crippen LogP contribution >= 0.6 is 11.3 Å². The summed E-state index contributed by atoms with van der Waals surface area (Å²) >= 11 is 1.44. The molecule has 0 aliphatic carbocycles. The van der Waals surface area contributed by atoms with Crippen LogP contribution in [-0.2, 0) is 16.6 Å². The summed E-state index contributed by atoms with van der Waals surface area (Å²) in [6.07, 6.45) is 0. The van der Waals surface area contributed by atoms with E-state index < -0.39 is 10.0 Å². The van der Waals surface area contributed by atoms with Gasteiger partial charge in [-0.2, -0.15) is 0 Å². The lowest BCUT2D eigenvalue weighted by Gasteiger charge is -2.04. The number of aromatic nitrogens is 1. The van der Waals surface area contributed by atoms with Gasteiger partial charge in [0.25, 0.3) is 0 Å². The van der Waals surface area contributed by atoms with Gasteiger partial charge in [0.15, 0.2) is 0 Å². The fourth-order valence-corrected chi connectivity index (χ4v) is 4.40. The molecule has 0 amide bonds. The molecule has 30 heavy (non-hydrogen) atoms. The highest BCUT2D eigenvalue weighted by molar-refractivity contribution is 7.89. The number of hydrogen-bond donors (Lipinski definition) is 1. The Morgan fingerprint density at radius 3 is 2.17 bits per heavy atom. The second-order valence-electron chi connectivity index (χ2n) is 6.46. The van der Waals surface area contributed by atoms with Gasteiger partial charge in [0.2, 0.25) is 10.0 Å². The van der Waals surface area contributed by atoms with Crippen molar-refractivity contribution in [3.8, 4) is 27.4 Å². The molecular weight excluding hydrogens is 423 g/mol. The minimum atomic E-state index is -3.78. The van der Waals surface area contributed by atoms with Gasteiger partial charge in [0.05, 0.1) is 15.5 Å². The third-order valence-electron chi connectivity index (χ3n) is 4.34. The molecule has 0 aliphatic heterocycles. The first-order chi connectivity index (χ1) is 14.4. The Balaban J connectivity index is 1.71. The second kappa shape index (κ2) is 8.35. The summed E-state index contributed by atoms with van der Waals surface area (Å²) < 4.78 is 42.3. The average Bonchev–Trinajstić information content (AvgIpc) is 3.17. The quantitative estimate of drug-likeness (QED) is 0.465. The molecule has 2 N–H and O–H groups in total. The highest BCUT2D eigenvalue weighted by Gasteiger charge is 2.17. The van der Waals surface area contributed by atoms with Crippen LogP contribution in [0.5, 0.6) is 5.75 Å². The van der Waals surface area contributed by atoms with E-state index >= 15 is 0 Å². The van der Waals surface area contributed by atoms with E-state index in [9.17, 15) is 12.8 Å². The molecule has 1 heterocycles. The van der Waals surface area contributed by atoms with Crippen molar-refractivity contribution < 1.29 is 17.5 Å². The van der Waals surface area contributed by atoms with Crippen molar-refractivity contribution >= 4 is 21.4 Å². The van der Waals surface area contributed by atoms with Crippen molar-refractivity contribution in [3.63, 3.8) is 0 Å². The summed E-state index contributed by atoms with van der Waals surface area (Å²) in [5, 5.41) is 5.93. The lowest BCUT2D eigenvalue weighted by atomic mass is 10.1. The molecule has 0 spiro atoms. The Labute approximate surface area is 177 Å². The fraction of sp³-hybridized carbons (Fsp3) is 0.0455.